The second-order valence-electron chi connectivity index (χ2n) is 4.37. The van der Waals surface area contributed by atoms with Crippen LogP contribution in [0.1, 0.15) is 26.0 Å². The number of aryl methyl sites for hydroxylation is 1. The van der Waals surface area contributed by atoms with E-state index in [-0.39, 0.29) is 0 Å². The van der Waals surface area contributed by atoms with Gasteiger partial charge in [-0.3, -0.25) is 0 Å². The summed E-state index contributed by atoms with van der Waals surface area (Å²) in [5.74, 6) is 1.01. The van der Waals surface area contributed by atoms with E-state index in [4.69, 9.17) is 16.0 Å². The lowest BCUT2D eigenvalue weighted by atomic mass is 10.1. The Morgan fingerprint density at radius 3 is 2.94 bits per heavy atom. The van der Waals surface area contributed by atoms with Crippen molar-refractivity contribution in [2.24, 2.45) is 0 Å². The molecular formula is C14H18ClNO. The van der Waals surface area contributed by atoms with Crippen LogP contribution < -0.4 is 5.32 Å². The molecule has 2 rings (SSSR count). The molecular weight excluding hydrogens is 234 g/mol. The van der Waals surface area contributed by atoms with Gasteiger partial charge in [0, 0.05) is 17.8 Å². The topological polar surface area (TPSA) is 25.2 Å². The molecule has 1 aromatic heterocycles. The average molecular weight is 252 g/mol. The molecule has 3 heteroatoms. The van der Waals surface area contributed by atoms with E-state index in [2.05, 4.69) is 25.2 Å². The van der Waals surface area contributed by atoms with Crippen molar-refractivity contribution >= 4 is 22.6 Å². The van der Waals surface area contributed by atoms with E-state index in [1.54, 1.807) is 0 Å². The number of halogens is 1. The van der Waals surface area contributed by atoms with E-state index in [0.717, 1.165) is 36.1 Å². The molecule has 0 saturated heterocycles. The van der Waals surface area contributed by atoms with E-state index in [9.17, 15) is 0 Å². The largest absolute Gasteiger partial charge is 0.460 e. The second kappa shape index (κ2) is 5.56. The lowest BCUT2D eigenvalue weighted by Crippen LogP contribution is -2.25. The Morgan fingerprint density at radius 2 is 2.24 bits per heavy atom. The van der Waals surface area contributed by atoms with E-state index in [1.807, 2.05) is 18.2 Å². The summed E-state index contributed by atoms with van der Waals surface area (Å²) in [6, 6.07) is 8.44. The van der Waals surface area contributed by atoms with Crippen LogP contribution in [-0.4, -0.2) is 12.6 Å². The van der Waals surface area contributed by atoms with Gasteiger partial charge in [-0.15, -0.1) is 0 Å². The Balaban J connectivity index is 2.07. The number of hydrogen-bond donors (Lipinski definition) is 1. The molecule has 0 fully saturated rings. The molecule has 92 valence electrons. The van der Waals surface area contributed by atoms with Gasteiger partial charge >= 0.3 is 0 Å². The number of benzene rings is 1. The molecule has 0 aliphatic rings. The minimum Gasteiger partial charge on any atom is -0.460 e. The first-order valence-corrected chi connectivity index (χ1v) is 6.49. The van der Waals surface area contributed by atoms with Crippen LogP contribution in [0, 0.1) is 0 Å². The monoisotopic (exact) mass is 251 g/mol. The summed E-state index contributed by atoms with van der Waals surface area (Å²) < 4.78 is 5.77. The van der Waals surface area contributed by atoms with Gasteiger partial charge in [-0.05, 0) is 32.0 Å². The summed E-state index contributed by atoms with van der Waals surface area (Å²) in [5.41, 5.74) is 0.806. The van der Waals surface area contributed by atoms with Gasteiger partial charge in [-0.2, -0.15) is 0 Å². The fraction of sp³-hybridized carbons (Fsp3) is 0.429. The van der Waals surface area contributed by atoms with Crippen LogP contribution in [0.15, 0.2) is 28.7 Å². The molecule has 1 aromatic carbocycles. The Hall–Kier alpha value is -0.990. The van der Waals surface area contributed by atoms with Gasteiger partial charge < -0.3 is 9.73 Å². The Bertz CT molecular complexity index is 492. The van der Waals surface area contributed by atoms with Crippen molar-refractivity contribution in [3.8, 4) is 0 Å². The van der Waals surface area contributed by atoms with Gasteiger partial charge in [-0.1, -0.05) is 30.7 Å². The normalized spacial score (nSPS) is 13.1. The zero-order valence-electron chi connectivity index (χ0n) is 10.3. The van der Waals surface area contributed by atoms with Crippen LogP contribution in [0.5, 0.6) is 0 Å². The fourth-order valence-corrected chi connectivity index (χ4v) is 2.23. The van der Waals surface area contributed by atoms with Crippen molar-refractivity contribution in [1.82, 2.24) is 5.32 Å². The quantitative estimate of drug-likeness (QED) is 0.868. The molecule has 0 aliphatic carbocycles. The smallest absolute Gasteiger partial charge is 0.152 e. The lowest BCUT2D eigenvalue weighted by molar-refractivity contribution is 0.483. The maximum atomic E-state index is 6.08. The number of rotatable bonds is 5. The number of para-hydroxylation sites is 1. The first-order valence-electron chi connectivity index (χ1n) is 6.11. The Labute approximate surface area is 107 Å². The van der Waals surface area contributed by atoms with Crippen molar-refractivity contribution in [3.63, 3.8) is 0 Å². The van der Waals surface area contributed by atoms with Crippen molar-refractivity contribution < 1.29 is 4.42 Å². The standard InChI is InChI=1S/C14H18ClNO/c1-3-16-10(2)7-8-12-9-11-5-4-6-13(15)14(11)17-12/h4-6,9-10,16H,3,7-8H2,1-2H3. The average Bonchev–Trinajstić information content (AvgIpc) is 2.71. The molecule has 1 N–H and O–H groups in total. The molecule has 0 spiro atoms. The van der Waals surface area contributed by atoms with Crippen molar-refractivity contribution in [2.45, 2.75) is 32.7 Å². The lowest BCUT2D eigenvalue weighted by Gasteiger charge is -2.10. The fourth-order valence-electron chi connectivity index (χ4n) is 2.01. The highest BCUT2D eigenvalue weighted by atomic mass is 35.5. The molecule has 0 bridgehead atoms. The third-order valence-corrected chi connectivity index (χ3v) is 3.22. The van der Waals surface area contributed by atoms with Crippen LogP contribution >= 0.6 is 11.6 Å². The third kappa shape index (κ3) is 3.02. The van der Waals surface area contributed by atoms with E-state index in [0.29, 0.717) is 11.1 Å². The zero-order chi connectivity index (χ0) is 12.3. The van der Waals surface area contributed by atoms with Crippen LogP contribution in [0.4, 0.5) is 0 Å². The molecule has 0 saturated carbocycles. The highest BCUT2D eigenvalue weighted by Crippen LogP contribution is 2.27. The summed E-state index contributed by atoms with van der Waals surface area (Å²) in [6.07, 6.45) is 2.02. The van der Waals surface area contributed by atoms with Gasteiger partial charge in [0.25, 0.3) is 0 Å². The molecule has 0 aliphatic heterocycles. The molecule has 0 radical (unpaired) electrons. The molecule has 2 aromatic rings. The maximum absolute atomic E-state index is 6.08. The van der Waals surface area contributed by atoms with Crippen LogP contribution in [-0.2, 0) is 6.42 Å². The summed E-state index contributed by atoms with van der Waals surface area (Å²) in [7, 11) is 0. The predicted molar refractivity (Wildman–Crippen MR) is 72.7 cm³/mol. The van der Waals surface area contributed by atoms with E-state index in [1.165, 1.54) is 0 Å². The SMILES string of the molecule is CCNC(C)CCc1cc2cccc(Cl)c2o1. The highest BCUT2D eigenvalue weighted by Gasteiger charge is 2.08. The van der Waals surface area contributed by atoms with Gasteiger partial charge in [0.2, 0.25) is 0 Å². The van der Waals surface area contributed by atoms with Gasteiger partial charge in [0.1, 0.15) is 5.76 Å². The number of hydrogen-bond acceptors (Lipinski definition) is 2. The van der Waals surface area contributed by atoms with Crippen molar-refractivity contribution in [1.29, 1.82) is 0 Å². The van der Waals surface area contributed by atoms with Crippen LogP contribution in [0.3, 0.4) is 0 Å². The first kappa shape index (κ1) is 12.5. The second-order valence-corrected chi connectivity index (χ2v) is 4.78. The minimum absolute atomic E-state index is 0.517. The molecule has 0 amide bonds. The maximum Gasteiger partial charge on any atom is 0.152 e. The van der Waals surface area contributed by atoms with Gasteiger partial charge in [0.05, 0.1) is 5.02 Å². The number of furan rings is 1. The minimum atomic E-state index is 0.517. The Kier molecular flexibility index (Phi) is 4.08. The zero-order valence-corrected chi connectivity index (χ0v) is 11.1. The molecule has 1 unspecified atom stereocenters. The summed E-state index contributed by atoms with van der Waals surface area (Å²) in [5, 5.41) is 5.17. The molecule has 17 heavy (non-hydrogen) atoms. The predicted octanol–water partition coefficient (Wildman–Crippen LogP) is 4.02. The van der Waals surface area contributed by atoms with Crippen LogP contribution in [0.2, 0.25) is 5.02 Å². The number of fused-ring (bicyclic) bond motifs is 1. The van der Waals surface area contributed by atoms with Crippen LogP contribution in [0.25, 0.3) is 11.0 Å². The van der Waals surface area contributed by atoms with Gasteiger partial charge in [-0.25, -0.2) is 0 Å². The molecule has 1 heterocycles. The van der Waals surface area contributed by atoms with Crippen molar-refractivity contribution in [2.75, 3.05) is 6.54 Å². The van der Waals surface area contributed by atoms with E-state index >= 15 is 0 Å². The summed E-state index contributed by atoms with van der Waals surface area (Å²) in [6.45, 7) is 5.32. The summed E-state index contributed by atoms with van der Waals surface area (Å²) >= 11 is 6.08. The van der Waals surface area contributed by atoms with E-state index < -0.39 is 0 Å². The third-order valence-electron chi connectivity index (χ3n) is 2.92. The number of nitrogens with one attached hydrogen (secondary N) is 1. The molecule has 2 nitrogen and oxygen atoms in total. The Morgan fingerprint density at radius 1 is 1.41 bits per heavy atom. The summed E-state index contributed by atoms with van der Waals surface area (Å²) in [4.78, 5) is 0. The first-order chi connectivity index (χ1) is 8.20. The highest BCUT2D eigenvalue weighted by molar-refractivity contribution is 6.34. The van der Waals surface area contributed by atoms with Gasteiger partial charge in [0.15, 0.2) is 5.58 Å². The molecule has 1 atom stereocenters. The van der Waals surface area contributed by atoms with Crippen molar-refractivity contribution in [3.05, 3.63) is 35.0 Å².